The Labute approximate surface area is 86.2 Å². The molecule has 1 rings (SSSR count). The van der Waals surface area contributed by atoms with Crippen LogP contribution in [0.15, 0.2) is 0 Å². The van der Waals surface area contributed by atoms with Gasteiger partial charge in [-0.15, -0.1) is 0 Å². The van der Waals surface area contributed by atoms with E-state index in [0.29, 0.717) is 12.7 Å². The van der Waals surface area contributed by atoms with Crippen molar-refractivity contribution in [3.8, 4) is 0 Å². The zero-order valence-corrected chi connectivity index (χ0v) is 9.04. The lowest BCUT2D eigenvalue weighted by Crippen LogP contribution is -2.44. The summed E-state index contributed by atoms with van der Waals surface area (Å²) in [5.41, 5.74) is 0. The van der Waals surface area contributed by atoms with Crippen LogP contribution in [0.1, 0.15) is 12.8 Å². The fraction of sp³-hybridized carbons (Fsp3) is 1.00. The van der Waals surface area contributed by atoms with E-state index in [1.807, 2.05) is 0 Å². The molecule has 0 aromatic rings. The van der Waals surface area contributed by atoms with E-state index in [4.69, 9.17) is 9.84 Å². The maximum atomic E-state index is 8.65. The fourth-order valence-electron chi connectivity index (χ4n) is 1.67. The van der Waals surface area contributed by atoms with Gasteiger partial charge in [0.1, 0.15) is 0 Å². The molecule has 4 heteroatoms. The lowest BCUT2D eigenvalue weighted by molar-refractivity contribution is 0.00975. The molecule has 0 aromatic heterocycles. The minimum Gasteiger partial charge on any atom is -0.396 e. The molecular formula is C10H22N2O2. The summed E-state index contributed by atoms with van der Waals surface area (Å²) in [6, 6.07) is 0. The lowest BCUT2D eigenvalue weighted by Gasteiger charge is -2.27. The second-order valence-electron chi connectivity index (χ2n) is 3.89. The maximum absolute atomic E-state index is 8.65. The lowest BCUT2D eigenvalue weighted by atomic mass is 10.2. The van der Waals surface area contributed by atoms with Gasteiger partial charge in [-0.25, -0.2) is 0 Å². The smallest absolute Gasteiger partial charge is 0.0826 e. The molecule has 1 heterocycles. The Kier molecular flexibility index (Phi) is 6.10. The Hall–Kier alpha value is -0.160. The van der Waals surface area contributed by atoms with Crippen molar-refractivity contribution in [3.63, 3.8) is 0 Å². The van der Waals surface area contributed by atoms with Gasteiger partial charge in [0.05, 0.1) is 12.7 Å². The van der Waals surface area contributed by atoms with Crippen LogP contribution in [0.4, 0.5) is 0 Å². The summed E-state index contributed by atoms with van der Waals surface area (Å²) in [6.45, 7) is 5.10. The summed E-state index contributed by atoms with van der Waals surface area (Å²) in [5, 5.41) is 12.0. The van der Waals surface area contributed by atoms with Gasteiger partial charge < -0.3 is 20.1 Å². The first-order valence-electron chi connectivity index (χ1n) is 5.44. The van der Waals surface area contributed by atoms with Crippen LogP contribution in [0.2, 0.25) is 0 Å². The molecule has 0 saturated carbocycles. The molecule has 4 nitrogen and oxygen atoms in total. The van der Waals surface area contributed by atoms with Crippen molar-refractivity contribution in [1.82, 2.24) is 10.2 Å². The summed E-state index contributed by atoms with van der Waals surface area (Å²) >= 11 is 0. The van der Waals surface area contributed by atoms with E-state index in [-0.39, 0.29) is 0 Å². The first-order chi connectivity index (χ1) is 6.83. The van der Waals surface area contributed by atoms with Gasteiger partial charge in [0.2, 0.25) is 0 Å². The minimum atomic E-state index is 0.301. The van der Waals surface area contributed by atoms with Crippen LogP contribution in [0, 0.1) is 0 Å². The van der Waals surface area contributed by atoms with Crippen molar-refractivity contribution in [3.05, 3.63) is 0 Å². The van der Waals surface area contributed by atoms with Crippen molar-refractivity contribution < 1.29 is 9.84 Å². The van der Waals surface area contributed by atoms with Gasteiger partial charge in [-0.05, 0) is 26.4 Å². The SMILES string of the molecule is CN(CCCCO)CC1CNCCO1. The van der Waals surface area contributed by atoms with Crippen LogP contribution in [0.25, 0.3) is 0 Å². The molecule has 14 heavy (non-hydrogen) atoms. The number of hydrogen-bond acceptors (Lipinski definition) is 4. The van der Waals surface area contributed by atoms with Crippen LogP contribution in [-0.4, -0.2) is 62.6 Å². The third-order valence-corrected chi connectivity index (χ3v) is 2.47. The molecular weight excluding hydrogens is 180 g/mol. The second-order valence-corrected chi connectivity index (χ2v) is 3.89. The van der Waals surface area contributed by atoms with Crippen LogP contribution >= 0.6 is 0 Å². The molecule has 0 amide bonds. The van der Waals surface area contributed by atoms with E-state index in [1.54, 1.807) is 0 Å². The van der Waals surface area contributed by atoms with Gasteiger partial charge >= 0.3 is 0 Å². The zero-order valence-electron chi connectivity index (χ0n) is 9.04. The molecule has 0 bridgehead atoms. The van der Waals surface area contributed by atoms with E-state index < -0.39 is 0 Å². The van der Waals surface area contributed by atoms with Gasteiger partial charge in [-0.1, -0.05) is 0 Å². The number of ether oxygens (including phenoxy) is 1. The number of likely N-dealkylation sites (N-methyl/N-ethyl adjacent to an activating group) is 1. The van der Waals surface area contributed by atoms with Gasteiger partial charge in [0.25, 0.3) is 0 Å². The number of rotatable bonds is 6. The minimum absolute atomic E-state index is 0.301. The average Bonchev–Trinajstić information content (AvgIpc) is 2.20. The first-order valence-corrected chi connectivity index (χ1v) is 5.44. The largest absolute Gasteiger partial charge is 0.396 e. The molecule has 1 aliphatic rings. The van der Waals surface area contributed by atoms with Crippen molar-refractivity contribution in [2.45, 2.75) is 18.9 Å². The molecule has 0 aliphatic carbocycles. The Bertz CT molecular complexity index is 138. The Morgan fingerprint density at radius 2 is 2.36 bits per heavy atom. The molecule has 84 valence electrons. The molecule has 0 spiro atoms. The highest BCUT2D eigenvalue weighted by Crippen LogP contribution is 2.00. The first kappa shape index (κ1) is 11.9. The quantitative estimate of drug-likeness (QED) is 0.579. The fourth-order valence-corrected chi connectivity index (χ4v) is 1.67. The zero-order chi connectivity index (χ0) is 10.2. The Balaban J connectivity index is 2.03. The predicted molar refractivity (Wildman–Crippen MR) is 56.4 cm³/mol. The molecule has 0 aromatic carbocycles. The topological polar surface area (TPSA) is 44.7 Å². The third-order valence-electron chi connectivity index (χ3n) is 2.47. The molecule has 0 radical (unpaired) electrons. The standard InChI is InChI=1S/C10H22N2O2/c1-12(5-2-3-6-13)9-10-8-11-4-7-14-10/h10-11,13H,2-9H2,1H3. The Morgan fingerprint density at radius 1 is 1.50 bits per heavy atom. The molecule has 1 aliphatic heterocycles. The number of aliphatic hydroxyl groups excluding tert-OH is 1. The second kappa shape index (κ2) is 7.17. The van der Waals surface area contributed by atoms with Crippen molar-refractivity contribution >= 4 is 0 Å². The van der Waals surface area contributed by atoms with E-state index in [2.05, 4.69) is 17.3 Å². The molecule has 2 N–H and O–H groups in total. The van der Waals surface area contributed by atoms with E-state index >= 15 is 0 Å². The highest BCUT2D eigenvalue weighted by atomic mass is 16.5. The number of aliphatic hydroxyl groups is 1. The highest BCUT2D eigenvalue weighted by Gasteiger charge is 2.14. The number of nitrogens with one attached hydrogen (secondary N) is 1. The Morgan fingerprint density at radius 3 is 3.00 bits per heavy atom. The van der Waals surface area contributed by atoms with Crippen LogP contribution in [0.5, 0.6) is 0 Å². The van der Waals surface area contributed by atoms with Crippen molar-refractivity contribution in [1.29, 1.82) is 0 Å². The summed E-state index contributed by atoms with van der Waals surface area (Å²) in [6.07, 6.45) is 2.30. The van der Waals surface area contributed by atoms with Gasteiger partial charge in [0.15, 0.2) is 0 Å². The summed E-state index contributed by atoms with van der Waals surface area (Å²) in [5.74, 6) is 0. The van der Waals surface area contributed by atoms with E-state index in [0.717, 1.165) is 45.6 Å². The normalized spacial score (nSPS) is 22.9. The van der Waals surface area contributed by atoms with Crippen LogP contribution < -0.4 is 5.32 Å². The highest BCUT2D eigenvalue weighted by molar-refractivity contribution is 4.70. The van der Waals surface area contributed by atoms with Crippen molar-refractivity contribution in [2.75, 3.05) is 46.4 Å². The number of nitrogens with zero attached hydrogens (tertiary/aromatic N) is 1. The number of morpholine rings is 1. The van der Waals surface area contributed by atoms with Gasteiger partial charge in [-0.3, -0.25) is 0 Å². The number of unbranched alkanes of at least 4 members (excludes halogenated alkanes) is 1. The molecule has 1 saturated heterocycles. The molecule has 1 unspecified atom stereocenters. The van der Waals surface area contributed by atoms with E-state index in [9.17, 15) is 0 Å². The molecule has 1 fully saturated rings. The predicted octanol–water partition coefficient (Wildman–Crippen LogP) is -0.321. The number of hydrogen-bond donors (Lipinski definition) is 2. The van der Waals surface area contributed by atoms with Crippen LogP contribution in [0.3, 0.4) is 0 Å². The summed E-state index contributed by atoms with van der Waals surface area (Å²) < 4.78 is 5.60. The molecule has 1 atom stereocenters. The van der Waals surface area contributed by atoms with E-state index in [1.165, 1.54) is 0 Å². The average molecular weight is 202 g/mol. The summed E-state index contributed by atoms with van der Waals surface area (Å²) in [7, 11) is 2.11. The third kappa shape index (κ3) is 4.91. The van der Waals surface area contributed by atoms with Crippen LogP contribution in [-0.2, 0) is 4.74 Å². The maximum Gasteiger partial charge on any atom is 0.0826 e. The monoisotopic (exact) mass is 202 g/mol. The van der Waals surface area contributed by atoms with Gasteiger partial charge in [-0.2, -0.15) is 0 Å². The summed E-state index contributed by atoms with van der Waals surface area (Å²) in [4.78, 5) is 2.27. The van der Waals surface area contributed by atoms with Gasteiger partial charge in [0, 0.05) is 26.2 Å². The van der Waals surface area contributed by atoms with Crippen molar-refractivity contribution in [2.24, 2.45) is 0 Å².